The highest BCUT2D eigenvalue weighted by Gasteiger charge is 2.31. The van der Waals surface area contributed by atoms with E-state index in [1.807, 2.05) is 14.0 Å². The van der Waals surface area contributed by atoms with Crippen molar-refractivity contribution in [1.82, 2.24) is 19.8 Å². The molecule has 1 aliphatic heterocycles. The van der Waals surface area contributed by atoms with E-state index in [1.54, 1.807) is 10.8 Å². The van der Waals surface area contributed by atoms with E-state index in [1.165, 1.54) is 11.1 Å². The third kappa shape index (κ3) is 3.53. The minimum Gasteiger partial charge on any atom is -0.314 e. The summed E-state index contributed by atoms with van der Waals surface area (Å²) in [6.07, 6.45) is 2.63. The minimum atomic E-state index is 0.0467. The summed E-state index contributed by atoms with van der Waals surface area (Å²) in [5, 5.41) is 3.51. The minimum absolute atomic E-state index is 0.0467. The van der Waals surface area contributed by atoms with Crippen molar-refractivity contribution in [3.63, 3.8) is 0 Å². The first-order valence-electron chi connectivity index (χ1n) is 9.08. The fourth-order valence-electron chi connectivity index (χ4n) is 3.74. The number of benzene rings is 1. The molecule has 5 heteroatoms. The third-order valence-corrected chi connectivity index (χ3v) is 5.21. The molecule has 0 amide bonds. The van der Waals surface area contributed by atoms with Crippen LogP contribution in [-0.2, 0) is 7.05 Å². The van der Waals surface area contributed by atoms with Gasteiger partial charge >= 0.3 is 0 Å². The summed E-state index contributed by atoms with van der Waals surface area (Å²) in [4.78, 5) is 19.5. The van der Waals surface area contributed by atoms with Gasteiger partial charge in [-0.25, -0.2) is 4.98 Å². The Kier molecular flexibility index (Phi) is 5.35. The van der Waals surface area contributed by atoms with E-state index in [2.05, 4.69) is 53.3 Å². The second kappa shape index (κ2) is 7.50. The predicted octanol–water partition coefficient (Wildman–Crippen LogP) is 2.49. The van der Waals surface area contributed by atoms with Crippen molar-refractivity contribution < 1.29 is 0 Å². The molecule has 0 bridgehead atoms. The lowest BCUT2D eigenvalue weighted by Gasteiger charge is -2.41. The van der Waals surface area contributed by atoms with Crippen molar-refractivity contribution in [2.24, 2.45) is 7.05 Å². The second-order valence-electron chi connectivity index (χ2n) is 6.96. The molecule has 3 rings (SSSR count). The Balaban J connectivity index is 1.99. The third-order valence-electron chi connectivity index (χ3n) is 5.21. The molecular formula is C20H28N4O. The molecule has 0 saturated carbocycles. The molecule has 1 saturated heterocycles. The Morgan fingerprint density at radius 3 is 2.68 bits per heavy atom. The maximum Gasteiger partial charge on any atom is 0.256 e. The van der Waals surface area contributed by atoms with Crippen molar-refractivity contribution in [2.75, 3.05) is 19.6 Å². The first-order valence-corrected chi connectivity index (χ1v) is 9.08. The van der Waals surface area contributed by atoms with E-state index in [-0.39, 0.29) is 17.6 Å². The summed E-state index contributed by atoms with van der Waals surface area (Å²) < 4.78 is 1.72. The highest BCUT2D eigenvalue weighted by Crippen LogP contribution is 2.32. The van der Waals surface area contributed by atoms with E-state index < -0.39 is 0 Å². The van der Waals surface area contributed by atoms with Gasteiger partial charge in [0.05, 0.1) is 6.04 Å². The Labute approximate surface area is 149 Å². The van der Waals surface area contributed by atoms with E-state index >= 15 is 0 Å². The average Bonchev–Trinajstić information content (AvgIpc) is 2.63. The largest absolute Gasteiger partial charge is 0.314 e. The van der Waals surface area contributed by atoms with Crippen molar-refractivity contribution in [3.8, 4) is 0 Å². The van der Waals surface area contributed by atoms with E-state index in [0.717, 1.165) is 31.9 Å². The topological polar surface area (TPSA) is 50.2 Å². The number of hydrogen-bond acceptors (Lipinski definition) is 4. The van der Waals surface area contributed by atoms with Crippen LogP contribution in [-0.4, -0.2) is 34.1 Å². The summed E-state index contributed by atoms with van der Waals surface area (Å²) in [6, 6.07) is 9.19. The number of nitrogens with one attached hydrogen (secondary N) is 1. The van der Waals surface area contributed by atoms with E-state index in [9.17, 15) is 4.79 Å². The molecule has 5 nitrogen and oxygen atoms in total. The molecule has 1 aliphatic rings. The molecule has 2 aromatic rings. The summed E-state index contributed by atoms with van der Waals surface area (Å²) >= 11 is 0. The molecule has 0 radical (unpaired) electrons. The maximum atomic E-state index is 12.4. The Bertz CT molecular complexity index is 781. The highest BCUT2D eigenvalue weighted by atomic mass is 16.1. The van der Waals surface area contributed by atoms with Gasteiger partial charge in [-0.05, 0) is 25.8 Å². The van der Waals surface area contributed by atoms with Gasteiger partial charge in [0.1, 0.15) is 5.82 Å². The van der Waals surface area contributed by atoms with Crippen LogP contribution in [0.4, 0.5) is 0 Å². The number of aromatic nitrogens is 2. The van der Waals surface area contributed by atoms with Gasteiger partial charge in [0.2, 0.25) is 0 Å². The highest BCUT2D eigenvalue weighted by molar-refractivity contribution is 5.25. The molecule has 2 heterocycles. The number of nitrogens with zero attached hydrogens (tertiary/aromatic N) is 3. The zero-order valence-corrected chi connectivity index (χ0v) is 15.6. The van der Waals surface area contributed by atoms with Gasteiger partial charge in [-0.3, -0.25) is 14.3 Å². The average molecular weight is 340 g/mol. The molecule has 0 spiro atoms. The number of aryl methyl sites for hydroxylation is 2. The first kappa shape index (κ1) is 17.8. The van der Waals surface area contributed by atoms with Gasteiger partial charge in [-0.1, -0.05) is 36.8 Å². The van der Waals surface area contributed by atoms with Crippen molar-refractivity contribution in [3.05, 3.63) is 63.3 Å². The molecule has 1 fully saturated rings. The van der Waals surface area contributed by atoms with Crippen LogP contribution in [0.3, 0.4) is 0 Å². The van der Waals surface area contributed by atoms with E-state index in [0.29, 0.717) is 5.56 Å². The molecule has 2 unspecified atom stereocenters. The summed E-state index contributed by atoms with van der Waals surface area (Å²) in [5.41, 5.74) is 3.32. The van der Waals surface area contributed by atoms with Crippen LogP contribution in [0.5, 0.6) is 0 Å². The fourth-order valence-corrected chi connectivity index (χ4v) is 3.74. The summed E-state index contributed by atoms with van der Waals surface area (Å²) in [5.74, 6) is 0.858. The Hall–Kier alpha value is -1.98. The molecular weight excluding hydrogens is 312 g/mol. The zero-order chi connectivity index (χ0) is 18.0. The van der Waals surface area contributed by atoms with Gasteiger partial charge in [0.15, 0.2) is 0 Å². The number of piperazine rings is 1. The molecule has 1 aromatic carbocycles. The van der Waals surface area contributed by atoms with Gasteiger partial charge in [0, 0.05) is 44.5 Å². The lowest BCUT2D eigenvalue weighted by atomic mass is 9.98. The summed E-state index contributed by atoms with van der Waals surface area (Å²) in [7, 11) is 1.84. The van der Waals surface area contributed by atoms with Crippen LogP contribution in [0, 0.1) is 13.8 Å². The van der Waals surface area contributed by atoms with Crippen LogP contribution in [0.1, 0.15) is 47.9 Å². The zero-order valence-electron chi connectivity index (χ0n) is 15.6. The lowest BCUT2D eigenvalue weighted by Crippen LogP contribution is -2.48. The molecule has 1 N–H and O–H groups in total. The van der Waals surface area contributed by atoms with Crippen molar-refractivity contribution >= 4 is 0 Å². The SMILES string of the molecule is CCC(c1ncc(C)c(=O)n1C)N1CCNCC1c1ccc(C)cc1. The number of hydrogen-bond donors (Lipinski definition) is 1. The van der Waals surface area contributed by atoms with Gasteiger partial charge in [-0.2, -0.15) is 0 Å². The molecule has 134 valence electrons. The van der Waals surface area contributed by atoms with Gasteiger partial charge in [-0.15, -0.1) is 0 Å². The van der Waals surface area contributed by atoms with Crippen LogP contribution in [0.15, 0.2) is 35.3 Å². The first-order chi connectivity index (χ1) is 12.0. The molecule has 2 atom stereocenters. The van der Waals surface area contributed by atoms with Gasteiger partial charge in [0.25, 0.3) is 5.56 Å². The lowest BCUT2D eigenvalue weighted by molar-refractivity contribution is 0.0949. The van der Waals surface area contributed by atoms with E-state index in [4.69, 9.17) is 0 Å². The van der Waals surface area contributed by atoms with Crippen LogP contribution in [0.25, 0.3) is 0 Å². The van der Waals surface area contributed by atoms with Crippen LogP contribution < -0.4 is 10.9 Å². The standard InChI is InChI=1S/C20H28N4O/c1-5-17(19-22-12-15(3)20(25)23(19)4)24-11-10-21-13-18(24)16-8-6-14(2)7-9-16/h6-9,12,17-18,21H,5,10-11,13H2,1-4H3. The second-order valence-corrected chi connectivity index (χ2v) is 6.96. The smallest absolute Gasteiger partial charge is 0.256 e. The Morgan fingerprint density at radius 1 is 1.28 bits per heavy atom. The molecule has 0 aliphatic carbocycles. The maximum absolute atomic E-state index is 12.4. The normalized spacial score (nSPS) is 19.8. The van der Waals surface area contributed by atoms with Crippen molar-refractivity contribution in [2.45, 2.75) is 39.3 Å². The van der Waals surface area contributed by atoms with Crippen molar-refractivity contribution in [1.29, 1.82) is 0 Å². The van der Waals surface area contributed by atoms with Crippen LogP contribution >= 0.6 is 0 Å². The molecule has 1 aromatic heterocycles. The van der Waals surface area contributed by atoms with Gasteiger partial charge < -0.3 is 5.32 Å². The predicted molar refractivity (Wildman–Crippen MR) is 101 cm³/mol. The van der Waals surface area contributed by atoms with Crippen LogP contribution in [0.2, 0.25) is 0 Å². The monoisotopic (exact) mass is 340 g/mol. The fraction of sp³-hybridized carbons (Fsp3) is 0.500. The summed E-state index contributed by atoms with van der Waals surface area (Å²) in [6.45, 7) is 8.92. The molecule has 25 heavy (non-hydrogen) atoms. The number of rotatable bonds is 4. The Morgan fingerprint density at radius 2 is 2.00 bits per heavy atom. The quantitative estimate of drug-likeness (QED) is 0.929.